The molecule has 2 heterocycles. The Balaban J connectivity index is 1.88. The minimum Gasteiger partial charge on any atom is -0.382 e. The minimum absolute atomic E-state index is 0.0757. The number of ether oxygens (including phenoxy) is 1. The normalized spacial score (nSPS) is 19.3. The number of nitrogens with zero attached hydrogens (tertiary/aromatic N) is 1. The predicted octanol–water partition coefficient (Wildman–Crippen LogP) is 3.80. The first kappa shape index (κ1) is 16.3. The highest BCUT2D eigenvalue weighted by Gasteiger charge is 2.27. The Kier molecular flexibility index (Phi) is 7.03. The summed E-state index contributed by atoms with van der Waals surface area (Å²) in [5.74, 6) is 0. The number of likely N-dealkylation sites (tertiary alicyclic amines) is 1. The number of urea groups is 1. The molecule has 0 aliphatic carbocycles. The number of hydrogen-bond donors (Lipinski definition) is 1. The van der Waals surface area contributed by atoms with Crippen LogP contribution in [0.4, 0.5) is 4.79 Å². The van der Waals surface area contributed by atoms with E-state index >= 15 is 0 Å². The Morgan fingerprint density at radius 1 is 1.48 bits per heavy atom. The smallest absolute Gasteiger partial charge is 0.317 e. The second-order valence-electron chi connectivity index (χ2n) is 5.36. The first-order chi connectivity index (χ1) is 10.3. The lowest BCUT2D eigenvalue weighted by atomic mass is 10.1. The molecule has 0 bridgehead atoms. The topological polar surface area (TPSA) is 41.6 Å². The molecule has 0 saturated carbocycles. The quantitative estimate of drug-likeness (QED) is 0.812. The summed E-state index contributed by atoms with van der Waals surface area (Å²) in [4.78, 5) is 15.8. The highest BCUT2D eigenvalue weighted by atomic mass is 32.1. The lowest BCUT2D eigenvalue weighted by Crippen LogP contribution is -2.42. The summed E-state index contributed by atoms with van der Waals surface area (Å²) < 4.78 is 5.30. The van der Waals surface area contributed by atoms with Crippen LogP contribution in [-0.4, -0.2) is 37.2 Å². The third-order valence-electron chi connectivity index (χ3n) is 3.83. The first-order valence-electron chi connectivity index (χ1n) is 7.98. The number of rotatable bonds is 6. The molecule has 1 aliphatic heterocycles. The van der Waals surface area contributed by atoms with E-state index in [1.54, 1.807) is 11.3 Å². The van der Waals surface area contributed by atoms with Crippen molar-refractivity contribution in [2.45, 2.75) is 45.1 Å². The van der Waals surface area contributed by atoms with Gasteiger partial charge in [-0.1, -0.05) is 18.9 Å². The highest BCUT2D eigenvalue weighted by molar-refractivity contribution is 7.10. The molecule has 1 aromatic heterocycles. The maximum Gasteiger partial charge on any atom is 0.317 e. The molecule has 1 atom stereocenters. The number of amides is 2. The lowest BCUT2D eigenvalue weighted by Gasteiger charge is -2.29. The van der Waals surface area contributed by atoms with Crippen molar-refractivity contribution < 1.29 is 9.53 Å². The van der Waals surface area contributed by atoms with Crippen molar-refractivity contribution in [3.63, 3.8) is 0 Å². The summed E-state index contributed by atoms with van der Waals surface area (Å²) >= 11 is 1.75. The van der Waals surface area contributed by atoms with Crippen LogP contribution < -0.4 is 5.32 Å². The Hall–Kier alpha value is -1.07. The molecule has 0 radical (unpaired) electrons. The molecule has 21 heavy (non-hydrogen) atoms. The fraction of sp³-hybridized carbons (Fsp3) is 0.688. The molecular formula is C16H26N2O2S. The van der Waals surface area contributed by atoms with Crippen LogP contribution in [0.15, 0.2) is 17.5 Å². The average molecular weight is 310 g/mol. The van der Waals surface area contributed by atoms with Gasteiger partial charge in [0.15, 0.2) is 0 Å². The minimum atomic E-state index is 0.0757. The van der Waals surface area contributed by atoms with Gasteiger partial charge in [0.1, 0.15) is 0 Å². The van der Waals surface area contributed by atoms with Crippen LogP contribution in [0.25, 0.3) is 0 Å². The van der Waals surface area contributed by atoms with Gasteiger partial charge in [0, 0.05) is 31.2 Å². The van der Waals surface area contributed by atoms with Gasteiger partial charge in [0.25, 0.3) is 0 Å². The van der Waals surface area contributed by atoms with Crippen molar-refractivity contribution in [3.8, 4) is 0 Å². The van der Waals surface area contributed by atoms with Crippen molar-refractivity contribution in [2.24, 2.45) is 0 Å². The van der Waals surface area contributed by atoms with Crippen LogP contribution in [0, 0.1) is 0 Å². The number of thiophene rings is 1. The third kappa shape index (κ3) is 5.00. The van der Waals surface area contributed by atoms with Gasteiger partial charge in [0.05, 0.1) is 6.04 Å². The van der Waals surface area contributed by atoms with Crippen molar-refractivity contribution in [1.29, 1.82) is 0 Å². The van der Waals surface area contributed by atoms with E-state index in [1.807, 2.05) is 11.8 Å². The highest BCUT2D eigenvalue weighted by Crippen LogP contribution is 2.32. The summed E-state index contributed by atoms with van der Waals surface area (Å²) in [6, 6.07) is 4.55. The maximum absolute atomic E-state index is 12.5. The lowest BCUT2D eigenvalue weighted by molar-refractivity contribution is 0.142. The van der Waals surface area contributed by atoms with E-state index in [1.165, 1.54) is 17.7 Å². The molecule has 0 aromatic carbocycles. The Morgan fingerprint density at radius 3 is 3.14 bits per heavy atom. The molecule has 1 aromatic rings. The van der Waals surface area contributed by atoms with E-state index in [4.69, 9.17) is 4.74 Å². The van der Waals surface area contributed by atoms with Gasteiger partial charge in [-0.05, 0) is 37.6 Å². The second-order valence-corrected chi connectivity index (χ2v) is 6.34. The maximum atomic E-state index is 12.5. The molecule has 1 fully saturated rings. The molecule has 4 nitrogen and oxygen atoms in total. The van der Waals surface area contributed by atoms with Gasteiger partial charge < -0.3 is 15.0 Å². The average Bonchev–Trinajstić information content (AvgIpc) is 2.91. The van der Waals surface area contributed by atoms with E-state index in [2.05, 4.69) is 22.8 Å². The first-order valence-corrected chi connectivity index (χ1v) is 8.86. The van der Waals surface area contributed by atoms with E-state index in [0.717, 1.165) is 32.4 Å². The number of carbonyl (C=O) groups excluding carboxylic acids is 1. The second kappa shape index (κ2) is 9.05. The van der Waals surface area contributed by atoms with Gasteiger partial charge in [-0.25, -0.2) is 4.79 Å². The summed E-state index contributed by atoms with van der Waals surface area (Å²) in [6.45, 7) is 4.99. The van der Waals surface area contributed by atoms with Gasteiger partial charge in [-0.2, -0.15) is 0 Å². The Morgan fingerprint density at radius 2 is 2.38 bits per heavy atom. The van der Waals surface area contributed by atoms with Crippen LogP contribution in [-0.2, 0) is 4.74 Å². The standard InChI is InChI=1S/C16H26N2O2S/c1-2-20-12-7-10-17-16(19)18-11-5-3-4-8-14(18)15-9-6-13-21-15/h6,9,13-14H,2-5,7-8,10-12H2,1H3,(H,17,19). The molecule has 2 rings (SSSR count). The molecule has 2 amide bonds. The largest absolute Gasteiger partial charge is 0.382 e. The molecule has 0 spiro atoms. The van der Waals surface area contributed by atoms with Gasteiger partial charge in [0.2, 0.25) is 0 Å². The number of carbonyl (C=O) groups is 1. The summed E-state index contributed by atoms with van der Waals surface area (Å²) in [7, 11) is 0. The Labute approximate surface area is 131 Å². The van der Waals surface area contributed by atoms with E-state index < -0.39 is 0 Å². The van der Waals surface area contributed by atoms with Crippen LogP contribution in [0.2, 0.25) is 0 Å². The van der Waals surface area contributed by atoms with Gasteiger partial charge in [-0.3, -0.25) is 0 Å². The van der Waals surface area contributed by atoms with Crippen LogP contribution >= 0.6 is 11.3 Å². The summed E-state index contributed by atoms with van der Waals surface area (Å²) in [6.07, 6.45) is 5.48. The molecule has 1 N–H and O–H groups in total. The molecule has 1 unspecified atom stereocenters. The van der Waals surface area contributed by atoms with Crippen LogP contribution in [0.3, 0.4) is 0 Å². The fourth-order valence-corrected chi connectivity index (χ4v) is 3.62. The van der Waals surface area contributed by atoms with E-state index in [-0.39, 0.29) is 12.1 Å². The van der Waals surface area contributed by atoms with E-state index in [9.17, 15) is 4.79 Å². The number of nitrogens with one attached hydrogen (secondary N) is 1. The Bertz CT molecular complexity index is 408. The zero-order valence-corrected chi connectivity index (χ0v) is 13.7. The zero-order valence-electron chi connectivity index (χ0n) is 12.8. The monoisotopic (exact) mass is 310 g/mol. The zero-order chi connectivity index (χ0) is 14.9. The summed E-state index contributed by atoms with van der Waals surface area (Å²) in [5.41, 5.74) is 0. The van der Waals surface area contributed by atoms with Crippen molar-refractivity contribution in [1.82, 2.24) is 10.2 Å². The van der Waals surface area contributed by atoms with Crippen LogP contribution in [0.1, 0.15) is 49.9 Å². The molecule has 5 heteroatoms. The predicted molar refractivity (Wildman–Crippen MR) is 86.7 cm³/mol. The third-order valence-corrected chi connectivity index (χ3v) is 4.80. The van der Waals surface area contributed by atoms with Crippen LogP contribution in [0.5, 0.6) is 0 Å². The fourth-order valence-electron chi connectivity index (χ4n) is 2.74. The molecule has 1 aliphatic rings. The molecular weight excluding hydrogens is 284 g/mol. The summed E-state index contributed by atoms with van der Waals surface area (Å²) in [5, 5.41) is 5.14. The van der Waals surface area contributed by atoms with Gasteiger partial charge in [-0.15, -0.1) is 11.3 Å². The molecule has 118 valence electrons. The SMILES string of the molecule is CCOCCCNC(=O)N1CCCCCC1c1cccs1. The van der Waals surface area contributed by atoms with Gasteiger partial charge >= 0.3 is 6.03 Å². The van der Waals surface area contributed by atoms with Crippen molar-refractivity contribution >= 4 is 17.4 Å². The van der Waals surface area contributed by atoms with Crippen molar-refractivity contribution in [2.75, 3.05) is 26.3 Å². The van der Waals surface area contributed by atoms with Crippen molar-refractivity contribution in [3.05, 3.63) is 22.4 Å². The number of hydrogen-bond acceptors (Lipinski definition) is 3. The van der Waals surface area contributed by atoms with E-state index in [0.29, 0.717) is 13.2 Å². The molecule has 1 saturated heterocycles.